The lowest BCUT2D eigenvalue weighted by Crippen LogP contribution is -2.49. The molecule has 9 N–H and O–H groups in total. The van der Waals surface area contributed by atoms with E-state index in [4.69, 9.17) is 5.73 Å². The van der Waals surface area contributed by atoms with Crippen LogP contribution in [0.15, 0.2) is 76.4 Å². The van der Waals surface area contributed by atoms with Crippen molar-refractivity contribution in [2.45, 2.75) is 58.0 Å². The van der Waals surface area contributed by atoms with Crippen LogP contribution in [0.4, 0.5) is 5.95 Å². The Kier molecular flexibility index (Phi) is 11.8. The van der Waals surface area contributed by atoms with Crippen LogP contribution in [0.1, 0.15) is 65.2 Å². The minimum absolute atomic E-state index is 0.0277. The first-order chi connectivity index (χ1) is 28.7. The van der Waals surface area contributed by atoms with Crippen LogP contribution in [0, 0.1) is 0 Å². The second-order valence-electron chi connectivity index (χ2n) is 15.2. The van der Waals surface area contributed by atoms with Crippen LogP contribution >= 0.6 is 0 Å². The van der Waals surface area contributed by atoms with Crippen molar-refractivity contribution in [2.75, 3.05) is 31.9 Å². The van der Waals surface area contributed by atoms with Crippen molar-refractivity contribution in [1.29, 1.82) is 0 Å². The molecule has 3 aromatic heterocycles. The van der Waals surface area contributed by atoms with Crippen LogP contribution in [-0.4, -0.2) is 105 Å². The van der Waals surface area contributed by atoms with E-state index in [2.05, 4.69) is 35.4 Å². The highest BCUT2D eigenvalue weighted by molar-refractivity contribution is 5.96. The molecule has 1 aliphatic rings. The van der Waals surface area contributed by atoms with E-state index in [0.29, 0.717) is 73.4 Å². The molecular weight excluding hydrogens is 773 g/mol. The molecule has 0 bridgehead atoms. The summed E-state index contributed by atoms with van der Waals surface area (Å²) in [6.45, 7) is 6.52. The number of hydrogen-bond acceptors (Lipinski definition) is 11. The number of aliphatic carboxylic acids is 1. The van der Waals surface area contributed by atoms with Crippen molar-refractivity contribution in [1.82, 2.24) is 44.8 Å². The Morgan fingerprint density at radius 1 is 0.917 bits per heavy atom. The molecule has 1 atom stereocenters. The Bertz CT molecular complexity index is 2650. The zero-order valence-corrected chi connectivity index (χ0v) is 33.1. The number of benzene rings is 3. The van der Waals surface area contributed by atoms with Crippen LogP contribution in [0.5, 0.6) is 11.5 Å². The Morgan fingerprint density at radius 3 is 2.30 bits per heavy atom. The number of carboxylic acid groups (broad SMARTS) is 1. The number of fused-ring (bicyclic) bond motifs is 1. The normalized spacial score (nSPS) is 13.8. The summed E-state index contributed by atoms with van der Waals surface area (Å²) < 4.78 is 1.36. The molecule has 7 rings (SSSR count). The van der Waals surface area contributed by atoms with Crippen molar-refractivity contribution in [3.8, 4) is 28.6 Å². The van der Waals surface area contributed by atoms with E-state index < -0.39 is 23.6 Å². The molecule has 18 nitrogen and oxygen atoms in total. The summed E-state index contributed by atoms with van der Waals surface area (Å²) >= 11 is 0. The van der Waals surface area contributed by atoms with Gasteiger partial charge in [0.2, 0.25) is 11.9 Å². The SMILES string of the molecule is CC(C)c1cc(-c2n[nH]c(=O)n2-c2ccc(CN3CCN(C(=O)CC[C@H](NC(=O)c4ccc(CCc5c[nH]c6nc(N)[nH]c(=O)c56)cc4)C(=O)O)CC3)cc2)c(O)cc1O. The fourth-order valence-corrected chi connectivity index (χ4v) is 7.46. The fourth-order valence-electron chi connectivity index (χ4n) is 7.46. The number of aromatic amines is 3. The number of amides is 2. The second-order valence-corrected chi connectivity index (χ2v) is 15.2. The summed E-state index contributed by atoms with van der Waals surface area (Å²) in [5.74, 6) is -2.04. The van der Waals surface area contributed by atoms with Crippen LogP contribution < -0.4 is 22.3 Å². The summed E-state index contributed by atoms with van der Waals surface area (Å²) in [6, 6.07) is 15.7. The summed E-state index contributed by atoms with van der Waals surface area (Å²) in [5, 5.41) is 40.4. The van der Waals surface area contributed by atoms with Gasteiger partial charge in [-0.25, -0.2) is 19.3 Å². The molecule has 1 aliphatic heterocycles. The predicted octanol–water partition coefficient (Wildman–Crippen LogP) is 3.00. The van der Waals surface area contributed by atoms with E-state index in [-0.39, 0.29) is 59.1 Å². The summed E-state index contributed by atoms with van der Waals surface area (Å²) in [5.41, 5.74) is 9.62. The highest BCUT2D eigenvalue weighted by Crippen LogP contribution is 2.37. The Labute approximate surface area is 342 Å². The minimum atomic E-state index is -1.26. The summed E-state index contributed by atoms with van der Waals surface area (Å²) in [7, 11) is 0. The molecule has 18 heteroatoms. The van der Waals surface area contributed by atoms with Crippen LogP contribution in [0.2, 0.25) is 0 Å². The number of carbonyl (C=O) groups is 3. The number of rotatable bonds is 14. The molecule has 1 saturated heterocycles. The van der Waals surface area contributed by atoms with Crippen LogP contribution in [-0.2, 0) is 29.0 Å². The van der Waals surface area contributed by atoms with Crippen LogP contribution in [0.3, 0.4) is 0 Å². The standard InChI is InChI=1S/C42H46N10O8/c1-23(2)29-19-30(33(54)20-32(29)53)37-48-49-42(60)52(37)28-11-6-25(7-12-28)22-50-15-17-51(18-16-50)34(55)14-13-31(40(58)59)45-38(56)26-8-3-24(4-9-26)5-10-27-21-44-36-35(27)39(57)47-41(43)46-36/h3-4,6-9,11-12,19-21,23,31,53-54H,5,10,13-18,22H2,1-2H3,(H,45,56)(H,49,60)(H,58,59)(H4,43,44,46,47,57)/t31-/m0/s1. The smallest absolute Gasteiger partial charge is 0.348 e. The number of nitrogens with one attached hydrogen (secondary N) is 4. The first-order valence-corrected chi connectivity index (χ1v) is 19.6. The van der Waals surface area contributed by atoms with Gasteiger partial charge in [-0.3, -0.25) is 24.3 Å². The molecule has 4 heterocycles. The van der Waals surface area contributed by atoms with Gasteiger partial charge in [-0.1, -0.05) is 38.1 Å². The van der Waals surface area contributed by atoms with Crippen molar-refractivity contribution in [3.63, 3.8) is 0 Å². The Hall–Kier alpha value is -7.21. The van der Waals surface area contributed by atoms with E-state index in [0.717, 1.165) is 16.7 Å². The van der Waals surface area contributed by atoms with Gasteiger partial charge in [0.1, 0.15) is 23.2 Å². The first kappa shape index (κ1) is 41.0. The Balaban J connectivity index is 0.878. The maximum absolute atomic E-state index is 13.1. The van der Waals surface area contributed by atoms with Crippen molar-refractivity contribution in [3.05, 3.63) is 116 Å². The lowest BCUT2D eigenvalue weighted by molar-refractivity contribution is -0.140. The number of anilines is 1. The van der Waals surface area contributed by atoms with Crippen molar-refractivity contribution >= 4 is 34.8 Å². The summed E-state index contributed by atoms with van der Waals surface area (Å²) in [6.07, 6.45) is 2.71. The quantitative estimate of drug-likeness (QED) is 0.0789. The molecule has 0 aliphatic carbocycles. The monoisotopic (exact) mass is 818 g/mol. The number of carbonyl (C=O) groups excluding carboxylic acids is 2. The number of aryl methyl sites for hydroxylation is 2. The van der Waals surface area contributed by atoms with E-state index in [1.807, 2.05) is 26.0 Å². The largest absolute Gasteiger partial charge is 0.508 e. The lowest BCUT2D eigenvalue weighted by Gasteiger charge is -2.35. The number of nitrogens with two attached hydrogens (primary N) is 1. The number of aromatic nitrogens is 6. The maximum Gasteiger partial charge on any atom is 0.348 e. The minimum Gasteiger partial charge on any atom is -0.508 e. The highest BCUT2D eigenvalue weighted by atomic mass is 16.4. The van der Waals surface area contributed by atoms with E-state index in [1.165, 1.54) is 10.6 Å². The van der Waals surface area contributed by atoms with Gasteiger partial charge in [-0.15, -0.1) is 0 Å². The third-order valence-corrected chi connectivity index (χ3v) is 10.8. The molecular formula is C42H46N10O8. The van der Waals surface area contributed by atoms with Gasteiger partial charge >= 0.3 is 11.7 Å². The van der Waals surface area contributed by atoms with Gasteiger partial charge in [0.05, 0.1) is 16.6 Å². The fraction of sp³-hybridized carbons (Fsp3) is 0.310. The average molecular weight is 819 g/mol. The zero-order valence-electron chi connectivity index (χ0n) is 33.1. The zero-order chi connectivity index (χ0) is 42.7. The van der Waals surface area contributed by atoms with Gasteiger partial charge in [0.15, 0.2) is 5.82 Å². The highest BCUT2D eigenvalue weighted by Gasteiger charge is 2.26. The van der Waals surface area contributed by atoms with Crippen LogP contribution in [0.25, 0.3) is 28.1 Å². The number of aromatic hydroxyl groups is 2. The van der Waals surface area contributed by atoms with Gasteiger partial charge in [-0.05, 0) is 77.8 Å². The molecule has 3 aromatic carbocycles. The van der Waals surface area contributed by atoms with E-state index in [1.54, 1.807) is 53.6 Å². The molecule has 0 radical (unpaired) electrons. The van der Waals surface area contributed by atoms with Gasteiger partial charge in [0, 0.05) is 57.0 Å². The molecule has 0 unspecified atom stereocenters. The molecule has 6 aromatic rings. The molecule has 0 spiro atoms. The molecule has 1 fully saturated rings. The van der Waals surface area contributed by atoms with Gasteiger partial charge in [0.25, 0.3) is 11.5 Å². The average Bonchev–Trinajstić information content (AvgIpc) is 3.82. The first-order valence-electron chi connectivity index (χ1n) is 19.6. The Morgan fingerprint density at radius 2 is 1.62 bits per heavy atom. The molecule has 312 valence electrons. The predicted molar refractivity (Wildman–Crippen MR) is 222 cm³/mol. The number of H-pyrrole nitrogens is 3. The number of phenols is 2. The van der Waals surface area contributed by atoms with Gasteiger partial charge in [-0.2, -0.15) is 10.1 Å². The number of piperazine rings is 1. The second kappa shape index (κ2) is 17.3. The summed E-state index contributed by atoms with van der Waals surface area (Å²) in [4.78, 5) is 76.9. The van der Waals surface area contributed by atoms with Crippen molar-refractivity contribution in [2.24, 2.45) is 0 Å². The third-order valence-electron chi connectivity index (χ3n) is 10.8. The molecule has 0 saturated carbocycles. The third kappa shape index (κ3) is 8.92. The number of phenolic OH excluding ortho intramolecular Hbond substituents is 2. The lowest BCUT2D eigenvalue weighted by atomic mass is 9.98. The van der Waals surface area contributed by atoms with E-state index in [9.17, 15) is 39.3 Å². The number of nitrogen functional groups attached to an aromatic ring is 1. The molecule has 2 amide bonds. The molecule has 60 heavy (non-hydrogen) atoms. The van der Waals surface area contributed by atoms with Crippen molar-refractivity contribution < 1.29 is 29.7 Å². The topological polar surface area (TPSA) is 269 Å². The number of carboxylic acids is 1. The number of hydrogen-bond donors (Lipinski definition) is 8. The van der Waals surface area contributed by atoms with E-state index >= 15 is 0 Å². The maximum atomic E-state index is 13.1. The number of nitrogens with zero attached hydrogens (tertiary/aromatic N) is 5. The van der Waals surface area contributed by atoms with Gasteiger partial charge < -0.3 is 36.3 Å².